The first-order chi connectivity index (χ1) is 9.28. The Balaban J connectivity index is 1.78. The molecule has 1 aliphatic rings. The number of hydrogen-bond acceptors (Lipinski definition) is 2. The molecule has 0 atom stereocenters. The maximum atomic E-state index is 3.45. The van der Waals surface area contributed by atoms with Gasteiger partial charge in [0.1, 0.15) is 0 Å². The zero-order valence-corrected chi connectivity index (χ0v) is 13.1. The van der Waals surface area contributed by atoms with Gasteiger partial charge >= 0.3 is 0 Å². The Morgan fingerprint density at radius 2 is 1.79 bits per heavy atom. The third-order valence-corrected chi connectivity index (χ3v) is 5.29. The molecule has 0 spiro atoms. The molecule has 1 fully saturated rings. The molecule has 1 N–H and O–H groups in total. The van der Waals surface area contributed by atoms with E-state index >= 15 is 0 Å². The number of thioether (sulfide) groups is 1. The van der Waals surface area contributed by atoms with Crippen molar-refractivity contribution in [2.75, 3.05) is 6.54 Å². The molecule has 0 aliphatic heterocycles. The Morgan fingerprint density at radius 1 is 1.11 bits per heavy atom. The van der Waals surface area contributed by atoms with E-state index in [1.165, 1.54) is 42.6 Å². The average molecular weight is 277 g/mol. The van der Waals surface area contributed by atoms with Gasteiger partial charge in [0.05, 0.1) is 0 Å². The fraction of sp³-hybridized carbons (Fsp3) is 0.647. The monoisotopic (exact) mass is 277 g/mol. The highest BCUT2D eigenvalue weighted by atomic mass is 32.2. The van der Waals surface area contributed by atoms with Crippen LogP contribution in [-0.4, -0.2) is 11.8 Å². The zero-order chi connectivity index (χ0) is 13.5. The molecule has 2 heteroatoms. The highest BCUT2D eigenvalue weighted by Gasteiger charge is 2.18. The van der Waals surface area contributed by atoms with E-state index in [1.807, 2.05) is 0 Å². The minimum Gasteiger partial charge on any atom is -0.313 e. The molecule has 0 heterocycles. The predicted molar refractivity (Wildman–Crippen MR) is 85.7 cm³/mol. The molecule has 0 saturated heterocycles. The number of benzene rings is 1. The van der Waals surface area contributed by atoms with Crippen molar-refractivity contribution in [3.8, 4) is 0 Å². The summed E-state index contributed by atoms with van der Waals surface area (Å²) in [6.07, 6.45) is 6.82. The van der Waals surface area contributed by atoms with Gasteiger partial charge in [-0.3, -0.25) is 0 Å². The van der Waals surface area contributed by atoms with Crippen LogP contribution in [0.2, 0.25) is 0 Å². The lowest BCUT2D eigenvalue weighted by Gasteiger charge is -2.25. The van der Waals surface area contributed by atoms with Crippen LogP contribution < -0.4 is 5.32 Å². The summed E-state index contributed by atoms with van der Waals surface area (Å²) in [6, 6.07) is 9.14. The average Bonchev–Trinajstić information content (AvgIpc) is 2.44. The fourth-order valence-corrected chi connectivity index (χ4v) is 3.82. The normalized spacial score (nSPS) is 23.5. The topological polar surface area (TPSA) is 12.0 Å². The molecule has 0 amide bonds. The van der Waals surface area contributed by atoms with Crippen molar-refractivity contribution in [2.45, 2.75) is 62.6 Å². The van der Waals surface area contributed by atoms with Gasteiger partial charge in [0.2, 0.25) is 0 Å². The SMILES string of the molecule is CCCNCc1ccc(SC2CCC(C)CC2)cc1. The molecule has 1 saturated carbocycles. The van der Waals surface area contributed by atoms with Gasteiger partial charge in [-0.15, -0.1) is 11.8 Å². The third-order valence-electron chi connectivity index (χ3n) is 3.94. The Morgan fingerprint density at radius 3 is 2.42 bits per heavy atom. The summed E-state index contributed by atoms with van der Waals surface area (Å²) in [5, 5.41) is 4.30. The van der Waals surface area contributed by atoms with Crippen molar-refractivity contribution in [1.29, 1.82) is 0 Å². The van der Waals surface area contributed by atoms with E-state index in [0.29, 0.717) is 0 Å². The van der Waals surface area contributed by atoms with Gasteiger partial charge in [0.15, 0.2) is 0 Å². The molecule has 1 aromatic rings. The van der Waals surface area contributed by atoms with Crippen LogP contribution in [0.25, 0.3) is 0 Å². The Labute approximate surface area is 122 Å². The Hall–Kier alpha value is -0.470. The highest BCUT2D eigenvalue weighted by molar-refractivity contribution is 8.00. The molecule has 106 valence electrons. The van der Waals surface area contributed by atoms with Crippen molar-refractivity contribution in [2.24, 2.45) is 5.92 Å². The van der Waals surface area contributed by atoms with Gasteiger partial charge in [-0.25, -0.2) is 0 Å². The van der Waals surface area contributed by atoms with Crippen LogP contribution in [0.1, 0.15) is 51.5 Å². The fourth-order valence-electron chi connectivity index (χ4n) is 2.64. The quantitative estimate of drug-likeness (QED) is 0.745. The standard InChI is InChI=1S/C17H27NS/c1-3-12-18-13-15-6-10-17(11-7-15)19-16-8-4-14(2)5-9-16/h6-7,10-11,14,16,18H,3-5,8-9,12-13H2,1-2H3. The second kappa shape index (κ2) is 7.96. The van der Waals surface area contributed by atoms with Crippen molar-refractivity contribution >= 4 is 11.8 Å². The van der Waals surface area contributed by atoms with Crippen LogP contribution in [0.3, 0.4) is 0 Å². The minimum atomic E-state index is 0.847. The van der Waals surface area contributed by atoms with Crippen molar-refractivity contribution in [1.82, 2.24) is 5.32 Å². The molecule has 1 aliphatic carbocycles. The molecule has 1 aromatic carbocycles. The summed E-state index contributed by atoms with van der Waals surface area (Å²) in [5.41, 5.74) is 1.40. The largest absolute Gasteiger partial charge is 0.313 e. The lowest BCUT2D eigenvalue weighted by atomic mass is 9.91. The van der Waals surface area contributed by atoms with E-state index in [9.17, 15) is 0 Å². The molecule has 0 radical (unpaired) electrons. The number of hydrogen-bond donors (Lipinski definition) is 1. The summed E-state index contributed by atoms with van der Waals surface area (Å²) in [4.78, 5) is 1.44. The Kier molecular flexibility index (Phi) is 6.25. The van der Waals surface area contributed by atoms with Crippen LogP contribution in [-0.2, 0) is 6.54 Å². The van der Waals surface area contributed by atoms with Crippen molar-refractivity contribution < 1.29 is 0 Å². The molecule has 0 aromatic heterocycles. The first kappa shape index (κ1) is 14.9. The summed E-state index contributed by atoms with van der Waals surface area (Å²) < 4.78 is 0. The van der Waals surface area contributed by atoms with Gasteiger partial charge in [0, 0.05) is 16.7 Å². The summed E-state index contributed by atoms with van der Waals surface area (Å²) >= 11 is 2.08. The molecule has 2 rings (SSSR count). The molecule has 1 nitrogen and oxygen atoms in total. The van der Waals surface area contributed by atoms with E-state index in [1.54, 1.807) is 0 Å². The molecule has 0 unspecified atom stereocenters. The van der Waals surface area contributed by atoms with Crippen LogP contribution in [0.15, 0.2) is 29.2 Å². The Bertz CT molecular complexity index is 352. The summed E-state index contributed by atoms with van der Waals surface area (Å²) in [7, 11) is 0. The lowest BCUT2D eigenvalue weighted by Crippen LogP contribution is -2.14. The van der Waals surface area contributed by atoms with Crippen molar-refractivity contribution in [3.63, 3.8) is 0 Å². The van der Waals surface area contributed by atoms with E-state index in [-0.39, 0.29) is 0 Å². The van der Waals surface area contributed by atoms with Crippen LogP contribution >= 0.6 is 11.8 Å². The molecule has 0 bridgehead atoms. The zero-order valence-electron chi connectivity index (χ0n) is 12.3. The first-order valence-electron chi connectivity index (χ1n) is 7.74. The molecular weight excluding hydrogens is 250 g/mol. The van der Waals surface area contributed by atoms with Crippen LogP contribution in [0, 0.1) is 5.92 Å². The van der Waals surface area contributed by atoms with E-state index in [4.69, 9.17) is 0 Å². The summed E-state index contributed by atoms with van der Waals surface area (Å²) in [5.74, 6) is 0.948. The second-order valence-electron chi connectivity index (χ2n) is 5.82. The maximum Gasteiger partial charge on any atom is 0.0205 e. The predicted octanol–water partition coefficient (Wildman–Crippen LogP) is 4.86. The van der Waals surface area contributed by atoms with Crippen molar-refractivity contribution in [3.05, 3.63) is 29.8 Å². The van der Waals surface area contributed by atoms with Crippen LogP contribution in [0.4, 0.5) is 0 Å². The van der Waals surface area contributed by atoms with E-state index in [0.717, 1.165) is 24.3 Å². The van der Waals surface area contributed by atoms with Gasteiger partial charge in [-0.2, -0.15) is 0 Å². The maximum absolute atomic E-state index is 3.45. The number of nitrogens with one attached hydrogen (secondary N) is 1. The summed E-state index contributed by atoms with van der Waals surface area (Å²) in [6.45, 7) is 6.70. The smallest absolute Gasteiger partial charge is 0.0205 e. The van der Waals surface area contributed by atoms with Gasteiger partial charge in [-0.1, -0.05) is 26.0 Å². The third kappa shape index (κ3) is 5.19. The second-order valence-corrected chi connectivity index (χ2v) is 7.19. The first-order valence-corrected chi connectivity index (χ1v) is 8.62. The van der Waals surface area contributed by atoms with E-state index in [2.05, 4.69) is 55.2 Å². The molecule has 19 heavy (non-hydrogen) atoms. The number of rotatable bonds is 6. The lowest BCUT2D eigenvalue weighted by molar-refractivity contribution is 0.393. The van der Waals surface area contributed by atoms with Gasteiger partial charge in [-0.05, 0) is 62.3 Å². The highest BCUT2D eigenvalue weighted by Crippen LogP contribution is 2.35. The van der Waals surface area contributed by atoms with E-state index < -0.39 is 0 Å². The van der Waals surface area contributed by atoms with Gasteiger partial charge < -0.3 is 5.32 Å². The minimum absolute atomic E-state index is 0.847. The van der Waals surface area contributed by atoms with Crippen LogP contribution in [0.5, 0.6) is 0 Å². The molecular formula is C17H27NS. The van der Waals surface area contributed by atoms with Gasteiger partial charge in [0.25, 0.3) is 0 Å².